The molecule has 2 rings (SSSR count). The molecule has 0 aliphatic carbocycles. The number of anilines is 3. The van der Waals surface area contributed by atoms with E-state index in [9.17, 15) is 0 Å². The molecule has 0 aromatic heterocycles. The molecule has 0 unspecified atom stereocenters. The van der Waals surface area contributed by atoms with Crippen molar-refractivity contribution in [2.24, 2.45) is 0 Å². The number of rotatable bonds is 4. The van der Waals surface area contributed by atoms with Gasteiger partial charge in [0.1, 0.15) is 5.75 Å². The number of methoxy groups -OCH3 is 1. The number of nitrogen functional groups attached to an aromatic ring is 1. The molecule has 2 aromatic carbocycles. The summed E-state index contributed by atoms with van der Waals surface area (Å²) in [6.45, 7) is 2.13. The highest BCUT2D eigenvalue weighted by Crippen LogP contribution is 2.32. The third-order valence-corrected chi connectivity index (χ3v) is 2.95. The number of ether oxygens (including phenoxy) is 1. The minimum atomic E-state index is 0.630. The first-order valence-corrected chi connectivity index (χ1v) is 6.03. The first-order chi connectivity index (χ1) is 8.76. The number of benzene rings is 2. The average Bonchev–Trinajstić information content (AvgIpc) is 2.42. The first-order valence-electron chi connectivity index (χ1n) is 6.03. The summed E-state index contributed by atoms with van der Waals surface area (Å²) >= 11 is 0. The number of hydrogen-bond donors (Lipinski definition) is 2. The largest absolute Gasteiger partial charge is 0.495 e. The van der Waals surface area contributed by atoms with Crippen molar-refractivity contribution in [2.75, 3.05) is 18.2 Å². The molecular weight excluding hydrogens is 224 g/mol. The van der Waals surface area contributed by atoms with Crippen LogP contribution in [-0.2, 0) is 6.42 Å². The van der Waals surface area contributed by atoms with E-state index >= 15 is 0 Å². The Balaban J connectivity index is 2.34. The molecule has 94 valence electrons. The molecule has 0 heterocycles. The minimum absolute atomic E-state index is 0.630. The van der Waals surface area contributed by atoms with Crippen LogP contribution >= 0.6 is 0 Å². The van der Waals surface area contributed by atoms with Crippen LogP contribution in [0.4, 0.5) is 17.1 Å². The molecule has 0 aliphatic heterocycles. The van der Waals surface area contributed by atoms with Gasteiger partial charge in [-0.25, -0.2) is 0 Å². The van der Waals surface area contributed by atoms with E-state index < -0.39 is 0 Å². The smallest absolute Gasteiger partial charge is 0.143 e. The molecule has 18 heavy (non-hydrogen) atoms. The lowest BCUT2D eigenvalue weighted by Crippen LogP contribution is -2.00. The molecule has 0 bridgehead atoms. The van der Waals surface area contributed by atoms with Gasteiger partial charge in [-0.05, 0) is 30.2 Å². The highest BCUT2D eigenvalue weighted by molar-refractivity contribution is 5.78. The number of para-hydroxylation sites is 2. The van der Waals surface area contributed by atoms with E-state index in [1.54, 1.807) is 7.11 Å². The van der Waals surface area contributed by atoms with E-state index in [1.165, 1.54) is 5.56 Å². The minimum Gasteiger partial charge on any atom is -0.495 e. The van der Waals surface area contributed by atoms with Gasteiger partial charge in [0.2, 0.25) is 0 Å². The maximum atomic E-state index is 6.05. The van der Waals surface area contributed by atoms with Crippen molar-refractivity contribution >= 4 is 17.1 Å². The lowest BCUT2D eigenvalue weighted by atomic mass is 10.1. The lowest BCUT2D eigenvalue weighted by molar-refractivity contribution is 0.417. The second kappa shape index (κ2) is 5.45. The van der Waals surface area contributed by atoms with Gasteiger partial charge in [0.25, 0.3) is 0 Å². The van der Waals surface area contributed by atoms with E-state index in [2.05, 4.69) is 24.4 Å². The van der Waals surface area contributed by atoms with Crippen molar-refractivity contribution in [2.45, 2.75) is 13.3 Å². The molecule has 0 spiro atoms. The Morgan fingerprint density at radius 3 is 2.50 bits per heavy atom. The van der Waals surface area contributed by atoms with E-state index in [-0.39, 0.29) is 0 Å². The van der Waals surface area contributed by atoms with E-state index in [0.29, 0.717) is 11.4 Å². The van der Waals surface area contributed by atoms with Gasteiger partial charge in [-0.2, -0.15) is 0 Å². The maximum absolute atomic E-state index is 6.05. The summed E-state index contributed by atoms with van der Waals surface area (Å²) < 4.78 is 5.21. The number of aryl methyl sites for hydroxylation is 1. The fraction of sp³-hybridized carbons (Fsp3) is 0.200. The Morgan fingerprint density at radius 1 is 1.06 bits per heavy atom. The van der Waals surface area contributed by atoms with Crippen LogP contribution in [0.15, 0.2) is 42.5 Å². The second-order valence-corrected chi connectivity index (χ2v) is 4.06. The highest BCUT2D eigenvalue weighted by atomic mass is 16.5. The summed E-state index contributed by atoms with van der Waals surface area (Å²) in [4.78, 5) is 0. The first kappa shape index (κ1) is 12.3. The van der Waals surface area contributed by atoms with Gasteiger partial charge >= 0.3 is 0 Å². The topological polar surface area (TPSA) is 47.3 Å². The monoisotopic (exact) mass is 242 g/mol. The maximum Gasteiger partial charge on any atom is 0.143 e. The Morgan fingerprint density at radius 2 is 1.78 bits per heavy atom. The van der Waals surface area contributed by atoms with Crippen molar-refractivity contribution in [3.8, 4) is 5.75 Å². The zero-order valence-electron chi connectivity index (χ0n) is 10.7. The van der Waals surface area contributed by atoms with Gasteiger partial charge in [0.15, 0.2) is 0 Å². The van der Waals surface area contributed by atoms with Crippen LogP contribution in [0.3, 0.4) is 0 Å². The Hall–Kier alpha value is -2.16. The van der Waals surface area contributed by atoms with E-state index in [1.807, 2.05) is 30.3 Å². The fourth-order valence-corrected chi connectivity index (χ4v) is 1.93. The second-order valence-electron chi connectivity index (χ2n) is 4.06. The predicted molar refractivity (Wildman–Crippen MR) is 76.5 cm³/mol. The Bertz CT molecular complexity index is 538. The van der Waals surface area contributed by atoms with Gasteiger partial charge in [-0.3, -0.25) is 0 Å². The van der Waals surface area contributed by atoms with Crippen LogP contribution in [0.1, 0.15) is 12.5 Å². The molecule has 0 fully saturated rings. The molecule has 0 radical (unpaired) electrons. The van der Waals surface area contributed by atoms with Crippen LogP contribution in [0.2, 0.25) is 0 Å². The predicted octanol–water partition coefficient (Wildman–Crippen LogP) is 3.58. The summed E-state index contributed by atoms with van der Waals surface area (Å²) in [5, 5.41) is 3.36. The van der Waals surface area contributed by atoms with Crippen molar-refractivity contribution in [3.05, 3.63) is 48.0 Å². The van der Waals surface area contributed by atoms with Crippen molar-refractivity contribution in [1.29, 1.82) is 0 Å². The zero-order valence-corrected chi connectivity index (χ0v) is 10.7. The molecular formula is C15H18N2O. The Labute approximate surface area is 108 Å². The number of hydrogen-bond acceptors (Lipinski definition) is 3. The van der Waals surface area contributed by atoms with Crippen LogP contribution in [-0.4, -0.2) is 7.11 Å². The average molecular weight is 242 g/mol. The molecule has 0 saturated heterocycles. The summed E-state index contributed by atoms with van der Waals surface area (Å²) in [6, 6.07) is 13.9. The molecule has 2 aromatic rings. The molecule has 0 saturated carbocycles. The van der Waals surface area contributed by atoms with Crippen LogP contribution in [0.25, 0.3) is 0 Å². The Kier molecular flexibility index (Phi) is 3.72. The summed E-state index contributed by atoms with van der Waals surface area (Å²) in [5.41, 5.74) is 9.89. The normalized spacial score (nSPS) is 10.1. The molecule has 3 heteroatoms. The lowest BCUT2D eigenvalue weighted by Gasteiger charge is -2.14. The van der Waals surface area contributed by atoms with Gasteiger partial charge in [-0.15, -0.1) is 0 Å². The summed E-state index contributed by atoms with van der Waals surface area (Å²) in [7, 11) is 1.62. The zero-order chi connectivity index (χ0) is 13.0. The SMILES string of the molecule is CCc1ccccc1Nc1cccc(OC)c1N. The third kappa shape index (κ3) is 2.40. The number of nitrogens with two attached hydrogens (primary N) is 1. The van der Waals surface area contributed by atoms with Crippen LogP contribution in [0, 0.1) is 0 Å². The van der Waals surface area contributed by atoms with Crippen molar-refractivity contribution < 1.29 is 4.74 Å². The fourth-order valence-electron chi connectivity index (χ4n) is 1.93. The van der Waals surface area contributed by atoms with Gasteiger partial charge in [0.05, 0.1) is 18.5 Å². The molecule has 0 aliphatic rings. The molecule has 3 N–H and O–H groups in total. The quantitative estimate of drug-likeness (QED) is 0.805. The van der Waals surface area contributed by atoms with Crippen LogP contribution < -0.4 is 15.8 Å². The molecule has 0 amide bonds. The third-order valence-electron chi connectivity index (χ3n) is 2.95. The summed E-state index contributed by atoms with van der Waals surface area (Å²) in [5.74, 6) is 0.689. The molecule has 0 atom stereocenters. The van der Waals surface area contributed by atoms with Gasteiger partial charge in [-0.1, -0.05) is 31.2 Å². The van der Waals surface area contributed by atoms with Gasteiger partial charge < -0.3 is 15.8 Å². The van der Waals surface area contributed by atoms with Gasteiger partial charge in [0, 0.05) is 5.69 Å². The van der Waals surface area contributed by atoms with E-state index in [0.717, 1.165) is 17.8 Å². The molecule has 3 nitrogen and oxygen atoms in total. The number of nitrogens with one attached hydrogen (secondary N) is 1. The van der Waals surface area contributed by atoms with Crippen molar-refractivity contribution in [3.63, 3.8) is 0 Å². The van der Waals surface area contributed by atoms with E-state index in [4.69, 9.17) is 10.5 Å². The van der Waals surface area contributed by atoms with Crippen LogP contribution in [0.5, 0.6) is 5.75 Å². The standard InChI is InChI=1S/C15H18N2O/c1-3-11-7-4-5-8-12(11)17-13-9-6-10-14(18-2)15(13)16/h4-10,17H,3,16H2,1-2H3. The summed E-state index contributed by atoms with van der Waals surface area (Å²) in [6.07, 6.45) is 0.979. The highest BCUT2D eigenvalue weighted by Gasteiger charge is 2.06. The van der Waals surface area contributed by atoms with Crippen molar-refractivity contribution in [1.82, 2.24) is 0 Å².